The molecule has 3 rings (SSSR count). The van der Waals surface area contributed by atoms with Gasteiger partial charge >= 0.3 is 8.25 Å². The molecular formula is C43H65O4P. The lowest BCUT2D eigenvalue weighted by Gasteiger charge is -2.15. The van der Waals surface area contributed by atoms with Crippen LogP contribution in [0.25, 0.3) is 22.3 Å². The van der Waals surface area contributed by atoms with E-state index in [1.807, 2.05) is 0 Å². The highest BCUT2D eigenvalue weighted by atomic mass is 31.1. The highest BCUT2D eigenvalue weighted by molar-refractivity contribution is 7.32. The van der Waals surface area contributed by atoms with E-state index in [1.54, 1.807) is 0 Å². The second kappa shape index (κ2) is 25.6. The summed E-state index contributed by atoms with van der Waals surface area (Å²) in [6.07, 6.45) is 25.8. The Balaban J connectivity index is 1.54. The van der Waals surface area contributed by atoms with Gasteiger partial charge in [0, 0.05) is 5.56 Å². The molecule has 0 spiro atoms. The van der Waals surface area contributed by atoms with Gasteiger partial charge in [0.05, 0.1) is 13.2 Å². The zero-order valence-corrected chi connectivity index (χ0v) is 31.3. The van der Waals surface area contributed by atoms with Crippen LogP contribution in [0, 0.1) is 0 Å². The van der Waals surface area contributed by atoms with E-state index < -0.39 is 8.25 Å². The van der Waals surface area contributed by atoms with Crippen LogP contribution >= 0.6 is 8.25 Å². The molecule has 0 fully saturated rings. The number of hydrogen-bond donors (Lipinski definition) is 1. The lowest BCUT2D eigenvalue weighted by Crippen LogP contribution is -2.00. The summed E-state index contributed by atoms with van der Waals surface area (Å²) < 4.78 is 21.9. The van der Waals surface area contributed by atoms with Gasteiger partial charge < -0.3 is 14.2 Å². The third-order valence-electron chi connectivity index (χ3n) is 9.44. The maximum Gasteiger partial charge on any atom is 0.316 e. The van der Waals surface area contributed by atoms with E-state index in [9.17, 15) is 4.57 Å². The number of unbranched alkanes of at least 4 members (excludes halogenated alkanes) is 16. The predicted molar refractivity (Wildman–Crippen MR) is 206 cm³/mol. The lowest BCUT2D eigenvalue weighted by molar-refractivity contribution is 0.273. The van der Waals surface area contributed by atoms with E-state index in [0.717, 1.165) is 44.5 Å². The quantitative estimate of drug-likeness (QED) is 0.0614. The van der Waals surface area contributed by atoms with Crippen molar-refractivity contribution >= 4 is 8.25 Å². The van der Waals surface area contributed by atoms with Gasteiger partial charge in [-0.2, -0.15) is 0 Å². The summed E-state index contributed by atoms with van der Waals surface area (Å²) in [5.74, 6) is 0.982. The van der Waals surface area contributed by atoms with Crippen molar-refractivity contribution in [3.05, 3.63) is 77.9 Å². The van der Waals surface area contributed by atoms with Gasteiger partial charge in [0.2, 0.25) is 0 Å². The molecule has 0 saturated carbocycles. The molecule has 0 aliphatic heterocycles. The second-order valence-electron chi connectivity index (χ2n) is 13.6. The second-order valence-corrected chi connectivity index (χ2v) is 14.4. The first-order chi connectivity index (χ1) is 23.6. The number of hydrogen-bond acceptors (Lipinski definition) is 3. The van der Waals surface area contributed by atoms with Crippen LogP contribution in [0.1, 0.15) is 147 Å². The zero-order valence-electron chi connectivity index (χ0n) is 30.3. The normalized spacial score (nSPS) is 12.0. The molecule has 0 aliphatic rings. The largest absolute Gasteiger partial charge is 0.493 e. The Hall–Kier alpha value is -2.39. The molecule has 0 amide bonds. The van der Waals surface area contributed by atoms with Crippen molar-refractivity contribution in [2.75, 3.05) is 13.2 Å². The topological polar surface area (TPSA) is 55.8 Å². The molecule has 3 aromatic carbocycles. The Bertz CT molecular complexity index is 1250. The van der Waals surface area contributed by atoms with Gasteiger partial charge in [-0.25, -0.2) is 0 Å². The van der Waals surface area contributed by atoms with Gasteiger partial charge in [-0.05, 0) is 72.4 Å². The van der Waals surface area contributed by atoms with Gasteiger partial charge in [0.1, 0.15) is 5.75 Å². The molecule has 0 aliphatic carbocycles. The van der Waals surface area contributed by atoms with E-state index in [4.69, 9.17) is 14.2 Å². The van der Waals surface area contributed by atoms with E-state index in [1.165, 1.54) is 136 Å². The number of rotatable bonds is 28. The first-order valence-corrected chi connectivity index (χ1v) is 20.7. The molecule has 3 aromatic rings. The molecule has 1 N–H and O–H groups in total. The minimum absolute atomic E-state index is 0.398. The van der Waals surface area contributed by atoms with Crippen molar-refractivity contribution in [3.63, 3.8) is 0 Å². The molecule has 48 heavy (non-hydrogen) atoms. The highest BCUT2D eigenvalue weighted by Crippen LogP contribution is 2.35. The number of benzene rings is 3. The third-order valence-corrected chi connectivity index (χ3v) is 9.89. The predicted octanol–water partition coefficient (Wildman–Crippen LogP) is 13.3. The third kappa shape index (κ3) is 16.8. The van der Waals surface area contributed by atoms with Crippen LogP contribution in [-0.2, 0) is 21.9 Å². The fourth-order valence-electron chi connectivity index (χ4n) is 6.42. The molecule has 0 heterocycles. The molecule has 0 saturated heterocycles. The van der Waals surface area contributed by atoms with Crippen LogP contribution in [0.15, 0.2) is 66.7 Å². The molecule has 0 aromatic heterocycles. The van der Waals surface area contributed by atoms with Crippen LogP contribution < -0.4 is 4.74 Å². The Labute approximate surface area is 294 Å². The maximum absolute atomic E-state index is 10.6. The Morgan fingerprint density at radius 1 is 0.500 bits per heavy atom. The van der Waals surface area contributed by atoms with Crippen molar-refractivity contribution in [3.8, 4) is 28.0 Å². The first-order valence-electron chi connectivity index (χ1n) is 19.4. The molecule has 1 atom stereocenters. The van der Waals surface area contributed by atoms with Crippen LogP contribution in [0.5, 0.6) is 5.75 Å². The summed E-state index contributed by atoms with van der Waals surface area (Å²) in [4.78, 5) is 8.72. The maximum atomic E-state index is 10.6. The van der Waals surface area contributed by atoms with Gasteiger partial charge in [0.25, 0.3) is 0 Å². The van der Waals surface area contributed by atoms with Crippen molar-refractivity contribution < 1.29 is 18.7 Å². The molecule has 1 unspecified atom stereocenters. The molecule has 5 heteroatoms. The smallest absolute Gasteiger partial charge is 0.316 e. The fourth-order valence-corrected chi connectivity index (χ4v) is 6.74. The van der Waals surface area contributed by atoms with E-state index in [0.29, 0.717) is 6.61 Å². The monoisotopic (exact) mass is 676 g/mol. The molecule has 0 radical (unpaired) electrons. The minimum Gasteiger partial charge on any atom is -0.493 e. The fraction of sp³-hybridized carbons (Fsp3) is 0.581. The highest BCUT2D eigenvalue weighted by Gasteiger charge is 2.10. The van der Waals surface area contributed by atoms with Gasteiger partial charge in [0.15, 0.2) is 0 Å². The van der Waals surface area contributed by atoms with Crippen LogP contribution in [-0.4, -0.2) is 18.1 Å². The van der Waals surface area contributed by atoms with Crippen LogP contribution in [0.4, 0.5) is 0 Å². The van der Waals surface area contributed by atoms with Gasteiger partial charge in [-0.3, -0.25) is 4.57 Å². The van der Waals surface area contributed by atoms with Crippen molar-refractivity contribution in [2.24, 2.45) is 0 Å². The number of ether oxygens (including phenoxy) is 1. The first kappa shape index (κ1) is 40.0. The minimum atomic E-state index is -2.77. The summed E-state index contributed by atoms with van der Waals surface area (Å²) >= 11 is 0. The SMILES string of the molecule is CCCCCCCc1ccc(-c2ccc(-c3ccc(CCCCCCC)cc3)c(OCCCCCCCCCCCO[PH](=O)O)c2)cc1. The zero-order chi connectivity index (χ0) is 34.1. The van der Waals surface area contributed by atoms with E-state index in [2.05, 4.69) is 80.6 Å². The van der Waals surface area contributed by atoms with Crippen molar-refractivity contribution in [1.29, 1.82) is 0 Å². The molecule has 4 nitrogen and oxygen atoms in total. The molecule has 266 valence electrons. The van der Waals surface area contributed by atoms with Gasteiger partial charge in [-0.1, -0.05) is 171 Å². The van der Waals surface area contributed by atoms with Crippen molar-refractivity contribution in [1.82, 2.24) is 0 Å². The summed E-state index contributed by atoms with van der Waals surface area (Å²) in [6.45, 7) is 5.68. The average Bonchev–Trinajstić information content (AvgIpc) is 3.10. The standard InChI is InChI=1S/C43H65O4P/c1-3-5-7-14-18-22-37-24-28-39(29-25-37)41-32-33-42(40-30-26-38(27-31-40)23-19-15-8-6-4-2)43(36-41)46-34-20-16-12-10-9-11-13-17-21-35-47-48(44)45/h24-33,36,48H,3-23,34-35H2,1-2H3,(H,44,45). The van der Waals surface area contributed by atoms with Crippen LogP contribution in [0.2, 0.25) is 0 Å². The Morgan fingerprint density at radius 2 is 0.938 bits per heavy atom. The van der Waals surface area contributed by atoms with E-state index in [-0.39, 0.29) is 0 Å². The molecular weight excluding hydrogens is 611 g/mol. The molecule has 0 bridgehead atoms. The summed E-state index contributed by atoms with van der Waals surface area (Å²) in [5, 5.41) is 0. The van der Waals surface area contributed by atoms with Crippen LogP contribution in [0.3, 0.4) is 0 Å². The average molecular weight is 677 g/mol. The Morgan fingerprint density at radius 3 is 1.46 bits per heavy atom. The summed E-state index contributed by atoms with van der Waals surface area (Å²) in [5.41, 5.74) is 7.71. The van der Waals surface area contributed by atoms with Gasteiger partial charge in [-0.15, -0.1) is 0 Å². The lowest BCUT2D eigenvalue weighted by atomic mass is 9.96. The van der Waals surface area contributed by atoms with Crippen molar-refractivity contribution in [2.45, 2.75) is 149 Å². The number of aryl methyl sites for hydroxylation is 2. The summed E-state index contributed by atoms with van der Waals surface area (Å²) in [7, 11) is -2.77. The van der Waals surface area contributed by atoms with E-state index >= 15 is 0 Å². The summed E-state index contributed by atoms with van der Waals surface area (Å²) in [6, 6.07) is 25.1. The Kier molecular flexibility index (Phi) is 21.3.